The average molecular weight is 211 g/mol. The number of rotatable bonds is 1. The Morgan fingerprint density at radius 2 is 2.07 bits per heavy atom. The molecule has 3 heteroatoms. The SMILES string of the molecule is CC1COC(C)(C)N2C(=O)[C@@H](C(C)C)C12. The molecule has 86 valence electrons. The van der Waals surface area contributed by atoms with E-state index in [2.05, 4.69) is 20.8 Å². The van der Waals surface area contributed by atoms with Crippen LogP contribution < -0.4 is 0 Å². The molecule has 2 unspecified atom stereocenters. The highest BCUT2D eigenvalue weighted by atomic mass is 16.5. The fourth-order valence-corrected chi connectivity index (χ4v) is 2.95. The summed E-state index contributed by atoms with van der Waals surface area (Å²) in [7, 11) is 0. The van der Waals surface area contributed by atoms with Crippen LogP contribution in [0.5, 0.6) is 0 Å². The molecule has 0 aromatic rings. The molecule has 3 nitrogen and oxygen atoms in total. The highest BCUT2D eigenvalue weighted by molar-refractivity contribution is 5.87. The Labute approximate surface area is 91.8 Å². The van der Waals surface area contributed by atoms with Gasteiger partial charge in [-0.3, -0.25) is 4.79 Å². The third-order valence-electron chi connectivity index (χ3n) is 3.77. The minimum Gasteiger partial charge on any atom is -0.356 e. The lowest BCUT2D eigenvalue weighted by Crippen LogP contribution is -2.74. The summed E-state index contributed by atoms with van der Waals surface area (Å²) in [6.45, 7) is 11.2. The monoisotopic (exact) mass is 211 g/mol. The average Bonchev–Trinajstić information content (AvgIpc) is 2.07. The Hall–Kier alpha value is -0.570. The Morgan fingerprint density at radius 1 is 1.47 bits per heavy atom. The lowest BCUT2D eigenvalue weighted by molar-refractivity contribution is -0.251. The Kier molecular flexibility index (Phi) is 2.34. The normalized spacial score (nSPS) is 38.9. The smallest absolute Gasteiger partial charge is 0.230 e. The first-order valence-corrected chi connectivity index (χ1v) is 5.83. The minimum atomic E-state index is -0.403. The van der Waals surface area contributed by atoms with Crippen LogP contribution in [0, 0.1) is 17.8 Å². The van der Waals surface area contributed by atoms with Crippen molar-refractivity contribution in [2.75, 3.05) is 6.61 Å². The van der Waals surface area contributed by atoms with Crippen LogP contribution in [0.2, 0.25) is 0 Å². The van der Waals surface area contributed by atoms with Crippen LogP contribution in [-0.4, -0.2) is 29.2 Å². The molecule has 0 radical (unpaired) electrons. The Balaban J connectivity index is 2.24. The van der Waals surface area contributed by atoms with Crippen LogP contribution >= 0.6 is 0 Å². The topological polar surface area (TPSA) is 29.5 Å². The van der Waals surface area contributed by atoms with Crippen LogP contribution in [0.15, 0.2) is 0 Å². The van der Waals surface area contributed by atoms with E-state index < -0.39 is 5.72 Å². The van der Waals surface area contributed by atoms with E-state index in [9.17, 15) is 4.79 Å². The standard InChI is InChI=1S/C12H21NO2/c1-7(2)9-10-8(3)6-15-12(4,5)13(10)11(9)14/h7-10H,6H2,1-5H3/t8?,9-,10?/m0/s1. The van der Waals surface area contributed by atoms with Gasteiger partial charge in [-0.25, -0.2) is 0 Å². The molecule has 15 heavy (non-hydrogen) atoms. The minimum absolute atomic E-state index is 0.211. The number of carbonyl (C=O) groups excluding carboxylic acids is 1. The molecule has 0 aromatic carbocycles. The van der Waals surface area contributed by atoms with Gasteiger partial charge < -0.3 is 9.64 Å². The molecule has 1 amide bonds. The van der Waals surface area contributed by atoms with Gasteiger partial charge in [0.1, 0.15) is 5.72 Å². The summed E-state index contributed by atoms with van der Waals surface area (Å²) in [6, 6.07) is 0.390. The summed E-state index contributed by atoms with van der Waals surface area (Å²) in [5.74, 6) is 1.38. The second-order valence-corrected chi connectivity index (χ2v) is 5.70. The number of hydrogen-bond acceptors (Lipinski definition) is 2. The molecule has 0 aromatic heterocycles. The zero-order chi connectivity index (χ0) is 11.4. The first-order valence-electron chi connectivity index (χ1n) is 5.83. The van der Waals surface area contributed by atoms with Gasteiger partial charge in [-0.1, -0.05) is 20.8 Å². The maximum Gasteiger partial charge on any atom is 0.230 e. The number of carbonyl (C=O) groups is 1. The second kappa shape index (κ2) is 3.21. The van der Waals surface area contributed by atoms with E-state index in [1.54, 1.807) is 0 Å². The summed E-state index contributed by atoms with van der Waals surface area (Å²) < 4.78 is 5.72. The van der Waals surface area contributed by atoms with E-state index in [0.717, 1.165) is 6.61 Å². The van der Waals surface area contributed by atoms with Crippen molar-refractivity contribution < 1.29 is 9.53 Å². The molecule has 0 aliphatic carbocycles. The van der Waals surface area contributed by atoms with Crippen LogP contribution in [0.3, 0.4) is 0 Å². The zero-order valence-corrected chi connectivity index (χ0v) is 10.3. The summed E-state index contributed by atoms with van der Waals surface area (Å²) >= 11 is 0. The molecule has 2 aliphatic rings. The number of ether oxygens (including phenoxy) is 1. The molecule has 3 atom stereocenters. The lowest BCUT2D eigenvalue weighted by atomic mass is 9.71. The highest BCUT2D eigenvalue weighted by Gasteiger charge is 2.58. The zero-order valence-electron chi connectivity index (χ0n) is 10.3. The maximum absolute atomic E-state index is 12.0. The third kappa shape index (κ3) is 1.40. The molecule has 2 heterocycles. The van der Waals surface area contributed by atoms with Crippen molar-refractivity contribution in [3.8, 4) is 0 Å². The number of hydrogen-bond donors (Lipinski definition) is 0. The quantitative estimate of drug-likeness (QED) is 0.620. The number of nitrogens with zero attached hydrogens (tertiary/aromatic N) is 1. The fraction of sp³-hybridized carbons (Fsp3) is 0.917. The van der Waals surface area contributed by atoms with Crippen LogP contribution in [-0.2, 0) is 9.53 Å². The number of fused-ring (bicyclic) bond motifs is 1. The summed E-state index contributed by atoms with van der Waals surface area (Å²) in [5, 5.41) is 0. The van der Waals surface area contributed by atoms with Crippen molar-refractivity contribution in [1.82, 2.24) is 4.90 Å². The Morgan fingerprint density at radius 3 is 2.60 bits per heavy atom. The highest BCUT2D eigenvalue weighted by Crippen LogP contribution is 2.45. The van der Waals surface area contributed by atoms with Crippen molar-refractivity contribution in [1.29, 1.82) is 0 Å². The summed E-state index contributed by atoms with van der Waals surface area (Å²) in [4.78, 5) is 14.0. The molecule has 0 spiro atoms. The van der Waals surface area contributed by atoms with Crippen LogP contribution in [0.4, 0.5) is 0 Å². The second-order valence-electron chi connectivity index (χ2n) is 5.70. The van der Waals surface area contributed by atoms with Gasteiger partial charge >= 0.3 is 0 Å². The predicted octanol–water partition coefficient (Wildman–Crippen LogP) is 1.87. The molecule has 2 saturated heterocycles. The van der Waals surface area contributed by atoms with Crippen LogP contribution in [0.25, 0.3) is 0 Å². The van der Waals surface area contributed by atoms with Crippen molar-refractivity contribution in [2.24, 2.45) is 17.8 Å². The largest absolute Gasteiger partial charge is 0.356 e. The van der Waals surface area contributed by atoms with Crippen molar-refractivity contribution >= 4 is 5.91 Å². The van der Waals surface area contributed by atoms with E-state index in [1.165, 1.54) is 0 Å². The molecule has 2 rings (SSSR count). The Bertz CT molecular complexity index is 285. The predicted molar refractivity (Wildman–Crippen MR) is 58.2 cm³/mol. The van der Waals surface area contributed by atoms with Gasteiger partial charge in [-0.05, 0) is 19.8 Å². The van der Waals surface area contributed by atoms with E-state index >= 15 is 0 Å². The van der Waals surface area contributed by atoms with E-state index in [4.69, 9.17) is 4.74 Å². The van der Waals surface area contributed by atoms with Crippen LogP contribution in [0.1, 0.15) is 34.6 Å². The van der Waals surface area contributed by atoms with Gasteiger partial charge in [0.05, 0.1) is 18.6 Å². The van der Waals surface area contributed by atoms with Crippen molar-refractivity contribution in [2.45, 2.75) is 46.4 Å². The molecular formula is C12H21NO2. The lowest BCUT2D eigenvalue weighted by Gasteiger charge is -2.61. The summed E-state index contributed by atoms with van der Waals surface area (Å²) in [5.41, 5.74) is -0.403. The van der Waals surface area contributed by atoms with Crippen molar-refractivity contribution in [3.05, 3.63) is 0 Å². The van der Waals surface area contributed by atoms with Gasteiger partial charge in [0, 0.05) is 5.92 Å². The molecule has 0 bridgehead atoms. The van der Waals surface area contributed by atoms with Gasteiger partial charge in [-0.15, -0.1) is 0 Å². The molecule has 2 aliphatic heterocycles. The molecule has 2 fully saturated rings. The molecule has 0 N–H and O–H groups in total. The van der Waals surface area contributed by atoms with Crippen molar-refractivity contribution in [3.63, 3.8) is 0 Å². The molecular weight excluding hydrogens is 190 g/mol. The van der Waals surface area contributed by atoms with Gasteiger partial charge in [-0.2, -0.15) is 0 Å². The van der Waals surface area contributed by atoms with E-state index in [-0.39, 0.29) is 11.8 Å². The molecule has 0 saturated carbocycles. The van der Waals surface area contributed by atoms with E-state index in [1.807, 2.05) is 18.7 Å². The first kappa shape index (κ1) is 10.9. The van der Waals surface area contributed by atoms with Gasteiger partial charge in [0.2, 0.25) is 5.91 Å². The number of β-lactam (4-membered cyclic amide) rings is 1. The van der Waals surface area contributed by atoms with Gasteiger partial charge in [0.25, 0.3) is 0 Å². The van der Waals surface area contributed by atoms with E-state index in [0.29, 0.717) is 17.9 Å². The summed E-state index contributed by atoms with van der Waals surface area (Å²) in [6.07, 6.45) is 0. The first-order chi connectivity index (χ1) is 6.86. The number of amides is 1. The fourth-order valence-electron chi connectivity index (χ4n) is 2.95. The third-order valence-corrected chi connectivity index (χ3v) is 3.77. The maximum atomic E-state index is 12.0. The van der Waals surface area contributed by atoms with Gasteiger partial charge in [0.15, 0.2) is 0 Å².